The molecular weight excluding hydrogens is 231 g/mol. The molecule has 1 aromatic rings. The highest BCUT2D eigenvalue weighted by Gasteiger charge is 2.28. The van der Waals surface area contributed by atoms with E-state index < -0.39 is 0 Å². The van der Waals surface area contributed by atoms with Gasteiger partial charge in [-0.05, 0) is 19.0 Å². The van der Waals surface area contributed by atoms with Crippen LogP contribution in [0.3, 0.4) is 0 Å². The molecule has 0 spiro atoms. The molecule has 18 heavy (non-hydrogen) atoms. The van der Waals surface area contributed by atoms with Crippen molar-refractivity contribution in [1.29, 1.82) is 0 Å². The van der Waals surface area contributed by atoms with E-state index in [1.165, 1.54) is 6.07 Å². The number of likely N-dealkylation sites (tertiary alicyclic amines) is 1. The first-order valence-electron chi connectivity index (χ1n) is 6.31. The normalized spacial score (nSPS) is 21.4. The molecule has 2 atom stereocenters. The van der Waals surface area contributed by atoms with Gasteiger partial charge >= 0.3 is 0 Å². The Labute approximate surface area is 107 Å². The SMILES string of the molecule is CNC(CN1CC(C)CC1=O)c1ccccc1F. The van der Waals surface area contributed by atoms with Crippen LogP contribution in [0, 0.1) is 11.7 Å². The van der Waals surface area contributed by atoms with Crippen molar-refractivity contribution in [2.24, 2.45) is 5.92 Å². The molecule has 2 unspecified atom stereocenters. The maximum absolute atomic E-state index is 13.7. The average Bonchev–Trinajstić information content (AvgIpc) is 2.66. The lowest BCUT2D eigenvalue weighted by Crippen LogP contribution is -2.35. The van der Waals surface area contributed by atoms with E-state index in [4.69, 9.17) is 0 Å². The Bertz CT molecular complexity index is 436. The zero-order chi connectivity index (χ0) is 13.1. The smallest absolute Gasteiger partial charge is 0.222 e. The number of amides is 1. The van der Waals surface area contributed by atoms with E-state index in [1.54, 1.807) is 19.2 Å². The maximum Gasteiger partial charge on any atom is 0.222 e. The Morgan fingerprint density at radius 2 is 2.22 bits per heavy atom. The van der Waals surface area contributed by atoms with Crippen LogP contribution < -0.4 is 5.32 Å². The summed E-state index contributed by atoms with van der Waals surface area (Å²) in [6.07, 6.45) is 0.605. The molecule has 1 heterocycles. The lowest BCUT2D eigenvalue weighted by Gasteiger charge is -2.24. The van der Waals surface area contributed by atoms with Crippen LogP contribution in [-0.4, -0.2) is 30.9 Å². The number of carbonyl (C=O) groups excluding carboxylic acids is 1. The summed E-state index contributed by atoms with van der Waals surface area (Å²) < 4.78 is 13.7. The van der Waals surface area contributed by atoms with Gasteiger partial charge in [0.05, 0.1) is 6.04 Å². The Hall–Kier alpha value is -1.42. The minimum atomic E-state index is -0.225. The van der Waals surface area contributed by atoms with E-state index in [9.17, 15) is 9.18 Å². The Balaban J connectivity index is 2.11. The van der Waals surface area contributed by atoms with Crippen molar-refractivity contribution >= 4 is 5.91 Å². The molecule has 1 amide bonds. The Morgan fingerprint density at radius 3 is 2.78 bits per heavy atom. The van der Waals surface area contributed by atoms with Gasteiger partial charge < -0.3 is 10.2 Å². The topological polar surface area (TPSA) is 32.3 Å². The van der Waals surface area contributed by atoms with Gasteiger partial charge in [0.25, 0.3) is 0 Å². The summed E-state index contributed by atoms with van der Waals surface area (Å²) in [5.74, 6) is 0.339. The van der Waals surface area contributed by atoms with Crippen LogP contribution in [0.5, 0.6) is 0 Å². The van der Waals surface area contributed by atoms with Gasteiger partial charge in [-0.1, -0.05) is 25.1 Å². The summed E-state index contributed by atoms with van der Waals surface area (Å²) in [4.78, 5) is 13.6. The first-order chi connectivity index (χ1) is 8.61. The molecule has 98 valence electrons. The van der Waals surface area contributed by atoms with Crippen LogP contribution in [0.4, 0.5) is 4.39 Å². The lowest BCUT2D eigenvalue weighted by molar-refractivity contribution is -0.128. The van der Waals surface area contributed by atoms with Crippen molar-refractivity contribution in [2.45, 2.75) is 19.4 Å². The second kappa shape index (κ2) is 5.48. The third-order valence-corrected chi connectivity index (χ3v) is 3.44. The van der Waals surface area contributed by atoms with E-state index in [-0.39, 0.29) is 17.8 Å². The fraction of sp³-hybridized carbons (Fsp3) is 0.500. The molecule has 0 saturated carbocycles. The summed E-state index contributed by atoms with van der Waals surface area (Å²) in [6.45, 7) is 3.36. The van der Waals surface area contributed by atoms with Gasteiger partial charge in [-0.25, -0.2) is 4.39 Å². The van der Waals surface area contributed by atoms with Crippen LogP contribution in [0.1, 0.15) is 24.9 Å². The first-order valence-corrected chi connectivity index (χ1v) is 6.31. The van der Waals surface area contributed by atoms with Crippen LogP contribution in [0.25, 0.3) is 0 Å². The van der Waals surface area contributed by atoms with E-state index in [0.717, 1.165) is 6.54 Å². The number of nitrogens with zero attached hydrogens (tertiary/aromatic N) is 1. The van der Waals surface area contributed by atoms with Crippen molar-refractivity contribution in [3.8, 4) is 0 Å². The number of carbonyl (C=O) groups is 1. The molecule has 1 aliphatic rings. The van der Waals surface area contributed by atoms with Gasteiger partial charge in [0, 0.05) is 25.1 Å². The molecule has 1 aliphatic heterocycles. The number of hydrogen-bond donors (Lipinski definition) is 1. The molecular formula is C14H19FN2O. The van der Waals surface area contributed by atoms with Crippen molar-refractivity contribution < 1.29 is 9.18 Å². The zero-order valence-corrected chi connectivity index (χ0v) is 10.8. The highest BCUT2D eigenvalue weighted by Crippen LogP contribution is 2.22. The minimum Gasteiger partial charge on any atom is -0.340 e. The third kappa shape index (κ3) is 2.70. The van der Waals surface area contributed by atoms with Gasteiger partial charge in [0.2, 0.25) is 5.91 Å². The molecule has 1 fully saturated rings. The minimum absolute atomic E-state index is 0.152. The maximum atomic E-state index is 13.7. The predicted molar refractivity (Wildman–Crippen MR) is 68.6 cm³/mol. The van der Waals surface area contributed by atoms with E-state index in [1.807, 2.05) is 11.0 Å². The molecule has 1 aromatic carbocycles. The fourth-order valence-corrected chi connectivity index (χ4v) is 2.47. The molecule has 0 bridgehead atoms. The molecule has 1 saturated heterocycles. The predicted octanol–water partition coefficient (Wildman–Crippen LogP) is 1.95. The van der Waals surface area contributed by atoms with E-state index in [0.29, 0.717) is 24.4 Å². The fourth-order valence-electron chi connectivity index (χ4n) is 2.47. The van der Waals surface area contributed by atoms with Crippen molar-refractivity contribution in [3.05, 3.63) is 35.6 Å². The summed E-state index contributed by atoms with van der Waals surface area (Å²) in [5, 5.41) is 3.09. The Morgan fingerprint density at radius 1 is 1.50 bits per heavy atom. The summed E-state index contributed by atoms with van der Waals surface area (Å²) >= 11 is 0. The van der Waals surface area contributed by atoms with Crippen molar-refractivity contribution in [2.75, 3.05) is 20.1 Å². The number of benzene rings is 1. The average molecular weight is 250 g/mol. The highest BCUT2D eigenvalue weighted by molar-refractivity contribution is 5.78. The van der Waals surface area contributed by atoms with Gasteiger partial charge in [-0.2, -0.15) is 0 Å². The van der Waals surface area contributed by atoms with Crippen LogP contribution in [0.15, 0.2) is 24.3 Å². The van der Waals surface area contributed by atoms with Gasteiger partial charge in [0.1, 0.15) is 5.82 Å². The quantitative estimate of drug-likeness (QED) is 0.886. The summed E-state index contributed by atoms with van der Waals surface area (Å²) in [5.41, 5.74) is 0.618. The summed E-state index contributed by atoms with van der Waals surface area (Å²) in [7, 11) is 1.79. The lowest BCUT2D eigenvalue weighted by atomic mass is 10.1. The largest absolute Gasteiger partial charge is 0.340 e. The standard InChI is InChI=1S/C14H19FN2O/c1-10-7-14(18)17(8-10)9-13(16-2)11-5-3-4-6-12(11)15/h3-6,10,13,16H,7-9H2,1-2H3. The highest BCUT2D eigenvalue weighted by atomic mass is 19.1. The molecule has 3 nitrogen and oxygen atoms in total. The van der Waals surface area contributed by atoms with Crippen LogP contribution in [-0.2, 0) is 4.79 Å². The molecule has 0 aromatic heterocycles. The van der Waals surface area contributed by atoms with Gasteiger partial charge in [-0.3, -0.25) is 4.79 Å². The van der Waals surface area contributed by atoms with Gasteiger partial charge in [-0.15, -0.1) is 0 Å². The van der Waals surface area contributed by atoms with E-state index in [2.05, 4.69) is 12.2 Å². The number of halogens is 1. The molecule has 2 rings (SSSR count). The Kier molecular flexibility index (Phi) is 3.97. The van der Waals surface area contributed by atoms with E-state index >= 15 is 0 Å². The monoisotopic (exact) mass is 250 g/mol. The van der Waals surface area contributed by atoms with Gasteiger partial charge in [0.15, 0.2) is 0 Å². The molecule has 4 heteroatoms. The molecule has 0 radical (unpaired) electrons. The third-order valence-electron chi connectivity index (χ3n) is 3.44. The first kappa shape index (κ1) is 13.0. The van der Waals surface area contributed by atoms with Crippen molar-refractivity contribution in [1.82, 2.24) is 10.2 Å². The number of rotatable bonds is 4. The molecule has 1 N–H and O–H groups in total. The number of hydrogen-bond acceptors (Lipinski definition) is 2. The van der Waals surface area contributed by atoms with Crippen molar-refractivity contribution in [3.63, 3.8) is 0 Å². The zero-order valence-electron chi connectivity index (χ0n) is 10.8. The molecule has 0 aliphatic carbocycles. The number of likely N-dealkylation sites (N-methyl/N-ethyl adjacent to an activating group) is 1. The number of nitrogens with one attached hydrogen (secondary N) is 1. The summed E-state index contributed by atoms with van der Waals surface area (Å²) in [6, 6.07) is 6.56. The second-order valence-electron chi connectivity index (χ2n) is 4.97. The second-order valence-corrected chi connectivity index (χ2v) is 4.97. The van der Waals surface area contributed by atoms with Crippen LogP contribution >= 0.6 is 0 Å². The van der Waals surface area contributed by atoms with Crippen LogP contribution in [0.2, 0.25) is 0 Å².